The van der Waals surface area contributed by atoms with E-state index < -0.39 is 0 Å². The van der Waals surface area contributed by atoms with Gasteiger partial charge in [0.1, 0.15) is 0 Å². The summed E-state index contributed by atoms with van der Waals surface area (Å²) in [6, 6.07) is 0. The SMILES string of the molecule is C=CCN=C([NH])NCC=C. The van der Waals surface area contributed by atoms with Gasteiger partial charge in [-0.05, 0) is 0 Å². The van der Waals surface area contributed by atoms with Crippen LogP contribution in [0.25, 0.3) is 0 Å². The zero-order valence-electron chi connectivity index (χ0n) is 5.93. The van der Waals surface area contributed by atoms with Gasteiger partial charge in [-0.2, -0.15) is 0 Å². The van der Waals surface area contributed by atoms with Gasteiger partial charge in [0, 0.05) is 6.54 Å². The van der Waals surface area contributed by atoms with E-state index in [0.29, 0.717) is 13.1 Å². The Morgan fingerprint density at radius 1 is 1.50 bits per heavy atom. The molecule has 10 heavy (non-hydrogen) atoms. The minimum Gasteiger partial charge on any atom is -0.352 e. The van der Waals surface area contributed by atoms with Crippen LogP contribution in [0.2, 0.25) is 0 Å². The first-order chi connectivity index (χ1) is 4.81. The summed E-state index contributed by atoms with van der Waals surface area (Å²) in [5, 5.41) is 2.72. The molecule has 0 aromatic carbocycles. The molecule has 0 rings (SSSR count). The van der Waals surface area contributed by atoms with Crippen LogP contribution in [0, 0.1) is 0 Å². The minimum absolute atomic E-state index is 0.180. The number of guanidine groups is 1. The standard InChI is InChI=1S/C7H12N3/c1-3-5-9-7(8)10-6-4-2/h3-4,8H,1-2,5-6H2,(H,9,10). The van der Waals surface area contributed by atoms with E-state index in [1.807, 2.05) is 0 Å². The third kappa shape index (κ3) is 4.90. The van der Waals surface area contributed by atoms with Crippen LogP contribution < -0.4 is 11.1 Å². The predicted octanol–water partition coefficient (Wildman–Crippen LogP) is 0.587. The molecule has 0 aliphatic heterocycles. The number of hydrogen-bond acceptors (Lipinski definition) is 1. The lowest BCUT2D eigenvalue weighted by atomic mass is 10.6. The van der Waals surface area contributed by atoms with Crippen LogP contribution in [0.5, 0.6) is 0 Å². The number of rotatable bonds is 4. The maximum atomic E-state index is 7.12. The fraction of sp³-hybridized carbons (Fsp3) is 0.286. The maximum absolute atomic E-state index is 7.12. The summed E-state index contributed by atoms with van der Waals surface area (Å²) in [6.07, 6.45) is 3.32. The molecular weight excluding hydrogens is 126 g/mol. The van der Waals surface area contributed by atoms with Gasteiger partial charge < -0.3 is 5.32 Å². The van der Waals surface area contributed by atoms with E-state index in [1.165, 1.54) is 0 Å². The van der Waals surface area contributed by atoms with Crippen molar-refractivity contribution in [1.29, 1.82) is 0 Å². The summed E-state index contributed by atoms with van der Waals surface area (Å²) >= 11 is 0. The van der Waals surface area contributed by atoms with Gasteiger partial charge in [0.15, 0.2) is 0 Å². The normalized spacial score (nSPS) is 10.6. The van der Waals surface area contributed by atoms with Crippen molar-refractivity contribution >= 4 is 5.96 Å². The third-order valence-corrected chi connectivity index (χ3v) is 0.792. The van der Waals surface area contributed by atoms with Gasteiger partial charge in [-0.15, -0.1) is 13.2 Å². The van der Waals surface area contributed by atoms with Crippen molar-refractivity contribution in [2.45, 2.75) is 0 Å². The summed E-state index contributed by atoms with van der Waals surface area (Å²) < 4.78 is 0. The molecule has 1 radical (unpaired) electrons. The molecule has 0 amide bonds. The second-order valence-electron chi connectivity index (χ2n) is 1.65. The Morgan fingerprint density at radius 2 is 2.20 bits per heavy atom. The summed E-state index contributed by atoms with van der Waals surface area (Å²) in [6.45, 7) is 8.04. The highest BCUT2D eigenvalue weighted by atomic mass is 15.1. The lowest BCUT2D eigenvalue weighted by Gasteiger charge is -1.97. The van der Waals surface area contributed by atoms with Crippen LogP contribution in [0.4, 0.5) is 0 Å². The molecule has 0 saturated heterocycles. The van der Waals surface area contributed by atoms with E-state index in [0.717, 1.165) is 0 Å². The molecule has 0 heterocycles. The van der Waals surface area contributed by atoms with Gasteiger partial charge in [-0.3, -0.25) is 5.73 Å². The van der Waals surface area contributed by atoms with Crippen LogP contribution in [-0.2, 0) is 0 Å². The van der Waals surface area contributed by atoms with E-state index in [2.05, 4.69) is 23.5 Å². The molecule has 0 bridgehead atoms. The largest absolute Gasteiger partial charge is 0.352 e. The molecule has 0 aliphatic carbocycles. The fourth-order valence-electron chi connectivity index (χ4n) is 0.381. The van der Waals surface area contributed by atoms with Crippen molar-refractivity contribution in [3.8, 4) is 0 Å². The van der Waals surface area contributed by atoms with Gasteiger partial charge in [-0.1, -0.05) is 12.2 Å². The molecule has 0 atom stereocenters. The number of nitrogens with zero attached hydrogens (tertiary/aromatic N) is 1. The molecule has 0 saturated carbocycles. The smallest absolute Gasteiger partial charge is 0.210 e. The van der Waals surface area contributed by atoms with Gasteiger partial charge in [-0.25, -0.2) is 4.99 Å². The van der Waals surface area contributed by atoms with Crippen molar-refractivity contribution in [1.82, 2.24) is 11.1 Å². The first-order valence-electron chi connectivity index (χ1n) is 3.03. The third-order valence-electron chi connectivity index (χ3n) is 0.792. The predicted molar refractivity (Wildman–Crippen MR) is 43.8 cm³/mol. The molecule has 0 aromatic rings. The topological polar surface area (TPSA) is 48.2 Å². The molecular formula is C7H12N3. The highest BCUT2D eigenvalue weighted by molar-refractivity contribution is 5.77. The summed E-state index contributed by atoms with van der Waals surface area (Å²) in [4.78, 5) is 3.79. The first kappa shape index (κ1) is 8.75. The van der Waals surface area contributed by atoms with Crippen molar-refractivity contribution in [3.05, 3.63) is 25.3 Å². The number of aliphatic imine (C=N–C) groups is 1. The highest BCUT2D eigenvalue weighted by Crippen LogP contribution is 1.70. The second kappa shape index (κ2) is 5.88. The van der Waals surface area contributed by atoms with Crippen LogP contribution in [-0.4, -0.2) is 19.0 Å². The fourth-order valence-corrected chi connectivity index (χ4v) is 0.381. The zero-order chi connectivity index (χ0) is 7.82. The Hall–Kier alpha value is -1.25. The molecule has 2 N–H and O–H groups in total. The summed E-state index contributed by atoms with van der Waals surface area (Å²) in [5.41, 5.74) is 7.12. The molecule has 0 aromatic heterocycles. The molecule has 0 unspecified atom stereocenters. The zero-order valence-corrected chi connectivity index (χ0v) is 5.93. The minimum atomic E-state index is 0.180. The molecule has 0 aliphatic rings. The Labute approximate surface area is 61.3 Å². The van der Waals surface area contributed by atoms with Crippen molar-refractivity contribution in [2.24, 2.45) is 4.99 Å². The van der Waals surface area contributed by atoms with E-state index >= 15 is 0 Å². The van der Waals surface area contributed by atoms with E-state index in [4.69, 9.17) is 5.73 Å². The maximum Gasteiger partial charge on any atom is 0.210 e. The van der Waals surface area contributed by atoms with Crippen molar-refractivity contribution in [2.75, 3.05) is 13.1 Å². The van der Waals surface area contributed by atoms with E-state index in [-0.39, 0.29) is 5.96 Å². The Bertz CT molecular complexity index is 138. The quantitative estimate of drug-likeness (QED) is 0.345. The highest BCUT2D eigenvalue weighted by Gasteiger charge is 1.84. The van der Waals surface area contributed by atoms with Crippen LogP contribution in [0.15, 0.2) is 30.3 Å². The number of nitrogens with one attached hydrogen (secondary N) is 2. The first-order valence-corrected chi connectivity index (χ1v) is 3.03. The van der Waals surface area contributed by atoms with Crippen molar-refractivity contribution in [3.63, 3.8) is 0 Å². The summed E-state index contributed by atoms with van der Waals surface area (Å²) in [5.74, 6) is 0.180. The number of hydrogen-bond donors (Lipinski definition) is 1. The lowest BCUT2D eigenvalue weighted by Crippen LogP contribution is -2.24. The Balaban J connectivity index is 3.47. The Morgan fingerprint density at radius 3 is 2.70 bits per heavy atom. The molecule has 0 fully saturated rings. The Kier molecular flexibility index (Phi) is 5.14. The van der Waals surface area contributed by atoms with Crippen molar-refractivity contribution < 1.29 is 0 Å². The van der Waals surface area contributed by atoms with Gasteiger partial charge in [0.05, 0.1) is 6.54 Å². The molecule has 3 nitrogen and oxygen atoms in total. The van der Waals surface area contributed by atoms with Gasteiger partial charge in [0.2, 0.25) is 5.96 Å². The summed E-state index contributed by atoms with van der Waals surface area (Å²) in [7, 11) is 0. The van der Waals surface area contributed by atoms with E-state index in [9.17, 15) is 0 Å². The second-order valence-corrected chi connectivity index (χ2v) is 1.65. The molecule has 55 valence electrons. The van der Waals surface area contributed by atoms with Gasteiger partial charge >= 0.3 is 0 Å². The average Bonchev–Trinajstić information content (AvgIpc) is 1.97. The molecule has 3 heteroatoms. The van der Waals surface area contributed by atoms with Crippen LogP contribution >= 0.6 is 0 Å². The van der Waals surface area contributed by atoms with Crippen LogP contribution in [0.1, 0.15) is 0 Å². The monoisotopic (exact) mass is 138 g/mol. The van der Waals surface area contributed by atoms with Crippen LogP contribution in [0.3, 0.4) is 0 Å². The van der Waals surface area contributed by atoms with E-state index in [1.54, 1.807) is 12.2 Å². The van der Waals surface area contributed by atoms with Gasteiger partial charge in [0.25, 0.3) is 0 Å². The average molecular weight is 138 g/mol. The lowest BCUT2D eigenvalue weighted by molar-refractivity contribution is 0.999. The molecule has 0 spiro atoms.